The minimum absolute atomic E-state index is 0.00278. The summed E-state index contributed by atoms with van der Waals surface area (Å²) in [4.78, 5) is 0. The van der Waals surface area contributed by atoms with Crippen LogP contribution in [-0.2, 0) is 0 Å². The van der Waals surface area contributed by atoms with E-state index < -0.39 is 17.5 Å². The Labute approximate surface area is 118 Å². The highest BCUT2D eigenvalue weighted by molar-refractivity contribution is 5.27. The standard InChI is InChI=1S/C16H22F3N/c1-3-16(7-5-6-8-16)15(20-4-2)14-12(18)9-11(17)10-13(14)19/h9-10,15,20H,3-8H2,1-2H3. The first kappa shape index (κ1) is 15.4. The minimum atomic E-state index is -0.865. The van der Waals surface area contributed by atoms with Crippen molar-refractivity contribution in [2.24, 2.45) is 5.41 Å². The van der Waals surface area contributed by atoms with Crippen LogP contribution in [0, 0.1) is 22.9 Å². The molecule has 2 rings (SSSR count). The van der Waals surface area contributed by atoms with Gasteiger partial charge in [0.2, 0.25) is 0 Å². The van der Waals surface area contributed by atoms with Gasteiger partial charge in [0, 0.05) is 23.7 Å². The number of hydrogen-bond acceptors (Lipinski definition) is 1. The molecule has 4 heteroatoms. The van der Waals surface area contributed by atoms with Crippen LogP contribution in [-0.4, -0.2) is 6.54 Å². The van der Waals surface area contributed by atoms with Crippen molar-refractivity contribution >= 4 is 0 Å². The first-order chi connectivity index (χ1) is 9.54. The monoisotopic (exact) mass is 285 g/mol. The topological polar surface area (TPSA) is 12.0 Å². The smallest absolute Gasteiger partial charge is 0.133 e. The van der Waals surface area contributed by atoms with Gasteiger partial charge in [-0.1, -0.05) is 26.7 Å². The van der Waals surface area contributed by atoms with Crippen LogP contribution in [0.25, 0.3) is 0 Å². The molecule has 0 saturated heterocycles. The summed E-state index contributed by atoms with van der Waals surface area (Å²) in [6, 6.07) is 1.17. The molecule has 1 N–H and O–H groups in total. The van der Waals surface area contributed by atoms with Crippen LogP contribution >= 0.6 is 0 Å². The molecule has 1 fully saturated rings. The fourth-order valence-corrected chi connectivity index (χ4v) is 3.58. The second-order valence-corrected chi connectivity index (χ2v) is 5.70. The van der Waals surface area contributed by atoms with Crippen LogP contribution in [0.1, 0.15) is 57.6 Å². The molecule has 0 amide bonds. The quantitative estimate of drug-likeness (QED) is 0.825. The molecule has 1 unspecified atom stereocenters. The number of benzene rings is 1. The average Bonchev–Trinajstić information content (AvgIpc) is 2.86. The second-order valence-electron chi connectivity index (χ2n) is 5.70. The van der Waals surface area contributed by atoms with Crippen LogP contribution in [0.4, 0.5) is 13.2 Å². The molecule has 0 spiro atoms. The Morgan fingerprint density at radius 3 is 2.10 bits per heavy atom. The Morgan fingerprint density at radius 2 is 1.65 bits per heavy atom. The van der Waals surface area contributed by atoms with E-state index in [9.17, 15) is 13.2 Å². The molecule has 1 atom stereocenters. The maximum Gasteiger partial charge on any atom is 0.133 e. The average molecular weight is 285 g/mol. The van der Waals surface area contributed by atoms with Gasteiger partial charge in [0.25, 0.3) is 0 Å². The Kier molecular flexibility index (Phi) is 4.74. The summed E-state index contributed by atoms with van der Waals surface area (Å²) < 4.78 is 41.4. The zero-order chi connectivity index (χ0) is 14.8. The SMILES string of the molecule is CCNC(c1c(F)cc(F)cc1F)C1(CC)CCCC1. The van der Waals surface area contributed by atoms with E-state index in [2.05, 4.69) is 12.2 Å². The van der Waals surface area contributed by atoms with Crippen LogP contribution in [0.2, 0.25) is 0 Å². The van der Waals surface area contributed by atoms with Crippen molar-refractivity contribution < 1.29 is 13.2 Å². The van der Waals surface area contributed by atoms with Gasteiger partial charge in [0.1, 0.15) is 17.5 Å². The van der Waals surface area contributed by atoms with Crippen molar-refractivity contribution in [3.05, 3.63) is 35.1 Å². The van der Waals surface area contributed by atoms with Gasteiger partial charge < -0.3 is 5.32 Å². The minimum Gasteiger partial charge on any atom is -0.310 e. The molecule has 112 valence electrons. The molecular weight excluding hydrogens is 263 g/mol. The first-order valence-electron chi connectivity index (χ1n) is 7.42. The Hall–Kier alpha value is -1.03. The third kappa shape index (κ3) is 2.71. The number of nitrogens with one attached hydrogen (secondary N) is 1. The normalized spacial score (nSPS) is 19.2. The molecule has 0 bridgehead atoms. The summed E-state index contributed by atoms with van der Waals surface area (Å²) in [5.41, 5.74) is -0.132. The molecule has 0 radical (unpaired) electrons. The maximum atomic E-state index is 14.1. The lowest BCUT2D eigenvalue weighted by Gasteiger charge is -2.38. The van der Waals surface area contributed by atoms with E-state index in [1.165, 1.54) is 0 Å². The van der Waals surface area contributed by atoms with Crippen molar-refractivity contribution in [3.8, 4) is 0 Å². The lowest BCUT2D eigenvalue weighted by Crippen LogP contribution is -2.37. The van der Waals surface area contributed by atoms with Gasteiger partial charge in [-0.2, -0.15) is 0 Å². The summed E-state index contributed by atoms with van der Waals surface area (Å²) in [6.07, 6.45) is 4.94. The summed E-state index contributed by atoms with van der Waals surface area (Å²) in [5, 5.41) is 3.23. The highest BCUT2D eigenvalue weighted by Gasteiger charge is 2.42. The summed E-state index contributed by atoms with van der Waals surface area (Å²) in [5.74, 6) is -2.43. The molecule has 1 nitrogen and oxygen atoms in total. The van der Waals surface area contributed by atoms with Gasteiger partial charge in [-0.05, 0) is 31.2 Å². The van der Waals surface area contributed by atoms with Crippen LogP contribution < -0.4 is 5.32 Å². The van der Waals surface area contributed by atoms with Crippen LogP contribution in [0.5, 0.6) is 0 Å². The second kappa shape index (κ2) is 6.17. The Balaban J connectivity index is 2.48. The van der Waals surface area contributed by atoms with Crippen LogP contribution in [0.3, 0.4) is 0 Å². The zero-order valence-corrected chi connectivity index (χ0v) is 12.1. The molecule has 1 aromatic carbocycles. The van der Waals surface area contributed by atoms with Crippen molar-refractivity contribution in [3.63, 3.8) is 0 Å². The third-order valence-electron chi connectivity index (χ3n) is 4.66. The Morgan fingerprint density at radius 1 is 1.10 bits per heavy atom. The van der Waals surface area contributed by atoms with Gasteiger partial charge in [0.05, 0.1) is 0 Å². The van der Waals surface area contributed by atoms with Gasteiger partial charge in [-0.3, -0.25) is 0 Å². The molecule has 1 aliphatic carbocycles. The number of rotatable bonds is 5. The molecule has 0 aliphatic heterocycles. The zero-order valence-electron chi connectivity index (χ0n) is 12.1. The van der Waals surface area contributed by atoms with E-state index in [4.69, 9.17) is 0 Å². The van der Waals surface area contributed by atoms with E-state index in [1.54, 1.807) is 0 Å². The van der Waals surface area contributed by atoms with E-state index in [0.29, 0.717) is 6.54 Å². The molecule has 0 heterocycles. The predicted octanol–water partition coefficient (Wildman–Crippen LogP) is 4.72. The van der Waals surface area contributed by atoms with Gasteiger partial charge >= 0.3 is 0 Å². The highest BCUT2D eigenvalue weighted by atomic mass is 19.1. The van der Waals surface area contributed by atoms with Crippen LogP contribution in [0.15, 0.2) is 12.1 Å². The molecule has 0 aromatic heterocycles. The number of halogens is 3. The third-order valence-corrected chi connectivity index (χ3v) is 4.66. The molecule has 1 aromatic rings. The molecule has 1 saturated carbocycles. The van der Waals surface area contributed by atoms with Crippen molar-refractivity contribution in [2.45, 2.75) is 52.0 Å². The fourth-order valence-electron chi connectivity index (χ4n) is 3.58. The van der Waals surface area contributed by atoms with E-state index in [-0.39, 0.29) is 17.0 Å². The maximum absolute atomic E-state index is 14.1. The molecule has 20 heavy (non-hydrogen) atoms. The highest BCUT2D eigenvalue weighted by Crippen LogP contribution is 2.50. The largest absolute Gasteiger partial charge is 0.310 e. The predicted molar refractivity (Wildman–Crippen MR) is 73.9 cm³/mol. The van der Waals surface area contributed by atoms with Crippen molar-refractivity contribution in [2.75, 3.05) is 6.54 Å². The van der Waals surface area contributed by atoms with Crippen molar-refractivity contribution in [1.82, 2.24) is 5.32 Å². The van der Waals surface area contributed by atoms with Gasteiger partial charge in [0.15, 0.2) is 0 Å². The van der Waals surface area contributed by atoms with E-state index in [0.717, 1.165) is 44.2 Å². The Bertz CT molecular complexity index is 444. The lowest BCUT2D eigenvalue weighted by molar-refractivity contribution is 0.181. The van der Waals surface area contributed by atoms with E-state index in [1.807, 2.05) is 6.92 Å². The molecule has 1 aliphatic rings. The van der Waals surface area contributed by atoms with Crippen molar-refractivity contribution in [1.29, 1.82) is 0 Å². The summed E-state index contributed by atoms with van der Waals surface area (Å²) in [6.45, 7) is 4.61. The van der Waals surface area contributed by atoms with Gasteiger partial charge in [-0.15, -0.1) is 0 Å². The summed E-state index contributed by atoms with van der Waals surface area (Å²) in [7, 11) is 0. The first-order valence-corrected chi connectivity index (χ1v) is 7.42. The van der Waals surface area contributed by atoms with Gasteiger partial charge in [-0.25, -0.2) is 13.2 Å². The number of hydrogen-bond donors (Lipinski definition) is 1. The fraction of sp³-hybridized carbons (Fsp3) is 0.625. The summed E-state index contributed by atoms with van der Waals surface area (Å²) >= 11 is 0. The van der Waals surface area contributed by atoms with E-state index >= 15 is 0 Å². The molecular formula is C16H22F3N. The lowest BCUT2D eigenvalue weighted by atomic mass is 9.73.